The molecule has 1 rings (SSSR count). The van der Waals surface area contributed by atoms with E-state index in [0.29, 0.717) is 0 Å². The van der Waals surface area contributed by atoms with Crippen molar-refractivity contribution >= 4 is 28.3 Å². The van der Waals surface area contributed by atoms with Gasteiger partial charge in [0.05, 0.1) is 0 Å². The van der Waals surface area contributed by atoms with Crippen LogP contribution in [-0.4, -0.2) is 0 Å². The molecule has 0 amide bonds. The van der Waals surface area contributed by atoms with Crippen molar-refractivity contribution in [1.29, 1.82) is 0 Å². The largest absolute Gasteiger partial charge is 0.398 e. The number of hydrogen-bond donors (Lipinski definition) is 1. The Morgan fingerprint density at radius 2 is 2.00 bits per heavy atom. The highest BCUT2D eigenvalue weighted by atomic mass is 127. The fraction of sp³-hybridized carbons (Fsp3) is 0.455. The molecule has 0 radical (unpaired) electrons. The predicted octanol–water partition coefficient (Wildman–Crippen LogP) is 3.56. The smallest absolute Gasteiger partial charge is 0.0449 e. The molecule has 0 fully saturated rings. The van der Waals surface area contributed by atoms with Gasteiger partial charge in [-0.2, -0.15) is 0 Å². The maximum absolute atomic E-state index is 5.77. The molecule has 0 aliphatic rings. The summed E-state index contributed by atoms with van der Waals surface area (Å²) in [5.74, 6) is 0. The number of anilines is 1. The molecule has 72 valence electrons. The molecule has 1 aromatic rings. The molecule has 2 heteroatoms. The highest BCUT2D eigenvalue weighted by Crippen LogP contribution is 2.29. The van der Waals surface area contributed by atoms with Crippen LogP contribution in [0.15, 0.2) is 18.2 Å². The second-order valence-electron chi connectivity index (χ2n) is 3.97. The van der Waals surface area contributed by atoms with E-state index in [1.54, 1.807) is 0 Å². The van der Waals surface area contributed by atoms with Gasteiger partial charge in [0, 0.05) is 9.26 Å². The van der Waals surface area contributed by atoms with E-state index in [0.717, 1.165) is 15.7 Å². The number of hydrogen-bond acceptors (Lipinski definition) is 1. The second kappa shape index (κ2) is 3.86. The number of rotatable bonds is 2. The third-order valence-corrected chi connectivity index (χ3v) is 3.60. The third kappa shape index (κ3) is 2.36. The summed E-state index contributed by atoms with van der Waals surface area (Å²) in [4.78, 5) is 0. The summed E-state index contributed by atoms with van der Waals surface area (Å²) in [6, 6.07) is 6.30. The van der Waals surface area contributed by atoms with E-state index in [1.165, 1.54) is 5.56 Å². The van der Waals surface area contributed by atoms with Crippen molar-refractivity contribution in [3.63, 3.8) is 0 Å². The van der Waals surface area contributed by atoms with Gasteiger partial charge in [-0.15, -0.1) is 0 Å². The van der Waals surface area contributed by atoms with Crippen molar-refractivity contribution in [3.05, 3.63) is 27.3 Å². The number of benzene rings is 1. The lowest BCUT2D eigenvalue weighted by Crippen LogP contribution is -2.15. The first kappa shape index (κ1) is 10.8. The van der Waals surface area contributed by atoms with Gasteiger partial charge in [-0.1, -0.05) is 26.8 Å². The van der Waals surface area contributed by atoms with Gasteiger partial charge in [-0.25, -0.2) is 0 Å². The van der Waals surface area contributed by atoms with Crippen LogP contribution in [0.1, 0.15) is 32.8 Å². The quantitative estimate of drug-likeness (QED) is 0.654. The normalized spacial score (nSPS) is 11.7. The van der Waals surface area contributed by atoms with Crippen LogP contribution in [0.3, 0.4) is 0 Å². The standard InChI is InChI=1S/C11H16IN/c1-4-11(2,3)8-5-6-10(13)9(12)7-8/h5-7H,4,13H2,1-3H3. The van der Waals surface area contributed by atoms with Gasteiger partial charge >= 0.3 is 0 Å². The van der Waals surface area contributed by atoms with Crippen LogP contribution in [0.5, 0.6) is 0 Å². The molecular formula is C11H16IN. The Balaban J connectivity index is 3.10. The first-order chi connectivity index (χ1) is 5.97. The zero-order valence-electron chi connectivity index (χ0n) is 8.39. The predicted molar refractivity (Wildman–Crippen MR) is 66.9 cm³/mol. The van der Waals surface area contributed by atoms with Crippen LogP contribution in [-0.2, 0) is 5.41 Å². The molecule has 13 heavy (non-hydrogen) atoms. The Morgan fingerprint density at radius 3 is 2.46 bits per heavy atom. The monoisotopic (exact) mass is 289 g/mol. The van der Waals surface area contributed by atoms with E-state index in [4.69, 9.17) is 5.73 Å². The van der Waals surface area contributed by atoms with E-state index >= 15 is 0 Å². The minimum absolute atomic E-state index is 0.258. The Bertz CT molecular complexity index is 305. The zero-order valence-corrected chi connectivity index (χ0v) is 10.6. The maximum Gasteiger partial charge on any atom is 0.0449 e. The van der Waals surface area contributed by atoms with E-state index < -0.39 is 0 Å². The van der Waals surface area contributed by atoms with Gasteiger partial charge in [0.25, 0.3) is 0 Å². The average molecular weight is 289 g/mol. The van der Waals surface area contributed by atoms with Crippen molar-refractivity contribution in [1.82, 2.24) is 0 Å². The molecule has 0 aromatic heterocycles. The fourth-order valence-electron chi connectivity index (χ4n) is 1.15. The molecule has 0 saturated heterocycles. The fourth-order valence-corrected chi connectivity index (χ4v) is 1.67. The molecular weight excluding hydrogens is 273 g/mol. The van der Waals surface area contributed by atoms with Crippen LogP contribution in [0.4, 0.5) is 5.69 Å². The van der Waals surface area contributed by atoms with Crippen molar-refractivity contribution in [2.75, 3.05) is 5.73 Å². The Morgan fingerprint density at radius 1 is 1.38 bits per heavy atom. The first-order valence-corrected chi connectivity index (χ1v) is 5.61. The Hall–Kier alpha value is -0.250. The summed E-state index contributed by atoms with van der Waals surface area (Å²) >= 11 is 2.28. The number of nitrogen functional groups attached to an aromatic ring is 1. The maximum atomic E-state index is 5.77. The Kier molecular flexibility index (Phi) is 3.22. The summed E-state index contributed by atoms with van der Waals surface area (Å²) < 4.78 is 1.15. The SMILES string of the molecule is CCC(C)(C)c1ccc(N)c(I)c1. The highest BCUT2D eigenvalue weighted by Gasteiger charge is 2.18. The van der Waals surface area contributed by atoms with Gasteiger partial charge in [-0.05, 0) is 52.1 Å². The van der Waals surface area contributed by atoms with Gasteiger partial charge in [0.15, 0.2) is 0 Å². The van der Waals surface area contributed by atoms with Crippen molar-refractivity contribution in [2.45, 2.75) is 32.6 Å². The lowest BCUT2D eigenvalue weighted by atomic mass is 9.82. The summed E-state index contributed by atoms with van der Waals surface area (Å²) in [6.45, 7) is 6.73. The minimum atomic E-state index is 0.258. The molecule has 0 heterocycles. The molecule has 0 spiro atoms. The van der Waals surface area contributed by atoms with E-state index in [1.807, 2.05) is 6.07 Å². The van der Waals surface area contributed by atoms with Gasteiger partial charge in [-0.3, -0.25) is 0 Å². The molecule has 0 bridgehead atoms. The summed E-state index contributed by atoms with van der Waals surface area (Å²) in [5.41, 5.74) is 8.26. The summed E-state index contributed by atoms with van der Waals surface area (Å²) in [6.07, 6.45) is 1.15. The number of halogens is 1. The topological polar surface area (TPSA) is 26.0 Å². The van der Waals surface area contributed by atoms with Crippen LogP contribution in [0.2, 0.25) is 0 Å². The molecule has 0 aliphatic heterocycles. The van der Waals surface area contributed by atoms with Crippen LogP contribution < -0.4 is 5.73 Å². The van der Waals surface area contributed by atoms with Gasteiger partial charge in [0.1, 0.15) is 0 Å². The molecule has 1 nitrogen and oxygen atoms in total. The van der Waals surface area contributed by atoms with Gasteiger partial charge in [0.2, 0.25) is 0 Å². The lowest BCUT2D eigenvalue weighted by molar-refractivity contribution is 0.506. The lowest BCUT2D eigenvalue weighted by Gasteiger charge is -2.23. The molecule has 0 aliphatic carbocycles. The molecule has 0 saturated carbocycles. The first-order valence-electron chi connectivity index (χ1n) is 4.53. The molecule has 2 N–H and O–H groups in total. The van der Waals surface area contributed by atoms with E-state index in [-0.39, 0.29) is 5.41 Å². The van der Waals surface area contributed by atoms with Crippen LogP contribution in [0, 0.1) is 3.57 Å². The molecule has 0 unspecified atom stereocenters. The van der Waals surface area contributed by atoms with Crippen LogP contribution >= 0.6 is 22.6 Å². The Labute approximate surface area is 93.9 Å². The molecule has 0 atom stereocenters. The van der Waals surface area contributed by atoms with Crippen molar-refractivity contribution in [2.24, 2.45) is 0 Å². The number of nitrogens with two attached hydrogens (primary N) is 1. The third-order valence-electron chi connectivity index (χ3n) is 2.67. The summed E-state index contributed by atoms with van der Waals surface area (Å²) in [5, 5.41) is 0. The van der Waals surface area contributed by atoms with Crippen molar-refractivity contribution < 1.29 is 0 Å². The molecule has 1 aromatic carbocycles. The average Bonchev–Trinajstić information content (AvgIpc) is 2.09. The minimum Gasteiger partial charge on any atom is -0.398 e. The zero-order chi connectivity index (χ0) is 10.1. The van der Waals surface area contributed by atoms with Crippen molar-refractivity contribution in [3.8, 4) is 0 Å². The summed E-state index contributed by atoms with van der Waals surface area (Å²) in [7, 11) is 0. The highest BCUT2D eigenvalue weighted by molar-refractivity contribution is 14.1. The van der Waals surface area contributed by atoms with Gasteiger partial charge < -0.3 is 5.73 Å². The van der Waals surface area contributed by atoms with Crippen LogP contribution in [0.25, 0.3) is 0 Å². The van der Waals surface area contributed by atoms with E-state index in [2.05, 4.69) is 55.5 Å². The van der Waals surface area contributed by atoms with E-state index in [9.17, 15) is 0 Å². The second-order valence-corrected chi connectivity index (χ2v) is 5.14.